The fourth-order valence-electron chi connectivity index (χ4n) is 0.789. The molecule has 3 heteroatoms. The van der Waals surface area contributed by atoms with Gasteiger partial charge in [0.1, 0.15) is 6.23 Å². The molecule has 1 N–H and O–H groups in total. The monoisotopic (exact) mass is 115 g/mol. The Morgan fingerprint density at radius 2 is 2.50 bits per heavy atom. The Kier molecular flexibility index (Phi) is 1.21. The minimum absolute atomic E-state index is 0.0394. The summed E-state index contributed by atoms with van der Waals surface area (Å²) in [4.78, 5) is 11.9. The van der Waals surface area contributed by atoms with Gasteiger partial charge < -0.3 is 10.0 Å². The molecule has 1 aliphatic rings. The fraction of sp³-hybridized carbons (Fsp3) is 0.800. The lowest BCUT2D eigenvalue weighted by Gasteiger charge is -2.11. The topological polar surface area (TPSA) is 40.5 Å². The molecule has 1 fully saturated rings. The smallest absolute Gasteiger partial charge is 0.224 e. The molecule has 1 rings (SSSR count). The molecule has 0 spiro atoms. The average molecular weight is 115 g/mol. The fourth-order valence-corrected chi connectivity index (χ4v) is 0.789. The number of amides is 1. The second kappa shape index (κ2) is 1.74. The van der Waals surface area contributed by atoms with Crippen LogP contribution in [-0.2, 0) is 4.79 Å². The van der Waals surface area contributed by atoms with E-state index in [4.69, 9.17) is 5.11 Å². The summed E-state index contributed by atoms with van der Waals surface area (Å²) in [5.41, 5.74) is 0. The minimum atomic E-state index is -0.525. The van der Waals surface area contributed by atoms with Crippen LogP contribution in [0.1, 0.15) is 12.8 Å². The normalized spacial score (nSPS) is 29.5. The van der Waals surface area contributed by atoms with Gasteiger partial charge in [0.05, 0.1) is 0 Å². The lowest BCUT2D eigenvalue weighted by Crippen LogP contribution is -2.27. The van der Waals surface area contributed by atoms with Crippen molar-refractivity contribution in [2.24, 2.45) is 0 Å². The molecule has 0 aromatic heterocycles. The second-order valence-electron chi connectivity index (χ2n) is 2.02. The van der Waals surface area contributed by atoms with Gasteiger partial charge in [0.15, 0.2) is 0 Å². The Balaban J connectivity index is 2.56. The molecule has 0 aliphatic carbocycles. The number of aliphatic hydroxyl groups excluding tert-OH is 1. The molecule has 0 unspecified atom stereocenters. The summed E-state index contributed by atoms with van der Waals surface area (Å²) in [6.45, 7) is 0. The number of hydrogen-bond donors (Lipinski definition) is 1. The van der Waals surface area contributed by atoms with Crippen molar-refractivity contribution in [1.29, 1.82) is 0 Å². The van der Waals surface area contributed by atoms with E-state index in [-0.39, 0.29) is 5.91 Å². The van der Waals surface area contributed by atoms with E-state index in [1.54, 1.807) is 7.05 Å². The highest BCUT2D eigenvalue weighted by atomic mass is 16.3. The van der Waals surface area contributed by atoms with Gasteiger partial charge in [-0.15, -0.1) is 0 Å². The van der Waals surface area contributed by atoms with Crippen molar-refractivity contribution in [2.75, 3.05) is 7.05 Å². The van der Waals surface area contributed by atoms with Gasteiger partial charge in [-0.1, -0.05) is 0 Å². The molecule has 1 aliphatic heterocycles. The van der Waals surface area contributed by atoms with Crippen LogP contribution in [0.15, 0.2) is 0 Å². The molecule has 1 heterocycles. The van der Waals surface area contributed by atoms with Gasteiger partial charge in [0.25, 0.3) is 0 Å². The van der Waals surface area contributed by atoms with Gasteiger partial charge in [-0.25, -0.2) is 0 Å². The van der Waals surface area contributed by atoms with Crippen LogP contribution in [0, 0.1) is 0 Å². The molecule has 0 aromatic rings. The summed E-state index contributed by atoms with van der Waals surface area (Å²) in [5, 5.41) is 8.87. The zero-order chi connectivity index (χ0) is 6.15. The molecular weight excluding hydrogens is 106 g/mol. The van der Waals surface area contributed by atoms with Crippen molar-refractivity contribution in [2.45, 2.75) is 19.1 Å². The predicted octanol–water partition coefficient (Wildman–Crippen LogP) is -0.443. The van der Waals surface area contributed by atoms with Crippen LogP contribution in [0.2, 0.25) is 0 Å². The van der Waals surface area contributed by atoms with Crippen LogP contribution in [0.4, 0.5) is 0 Å². The summed E-state index contributed by atoms with van der Waals surface area (Å²) >= 11 is 0. The number of rotatable bonds is 0. The molecular formula is C5H9NO2. The summed E-state index contributed by atoms with van der Waals surface area (Å²) in [6.07, 6.45) is 0.565. The van der Waals surface area contributed by atoms with Crippen molar-refractivity contribution in [3.05, 3.63) is 0 Å². The zero-order valence-corrected chi connectivity index (χ0v) is 4.79. The summed E-state index contributed by atoms with van der Waals surface area (Å²) in [6, 6.07) is 0. The first kappa shape index (κ1) is 5.56. The SMILES string of the molecule is CN1C(=O)CC[C@@H]1O. The van der Waals surface area contributed by atoms with Crippen molar-refractivity contribution >= 4 is 5.91 Å². The van der Waals surface area contributed by atoms with Crippen LogP contribution in [-0.4, -0.2) is 29.2 Å². The Labute approximate surface area is 47.9 Å². The average Bonchev–Trinajstić information content (AvgIpc) is 1.98. The highest BCUT2D eigenvalue weighted by molar-refractivity contribution is 5.77. The van der Waals surface area contributed by atoms with E-state index in [0.29, 0.717) is 12.8 Å². The summed E-state index contributed by atoms with van der Waals surface area (Å²) in [7, 11) is 1.61. The van der Waals surface area contributed by atoms with Crippen LogP contribution >= 0.6 is 0 Å². The quantitative estimate of drug-likeness (QED) is 0.465. The van der Waals surface area contributed by atoms with Gasteiger partial charge in [0, 0.05) is 19.9 Å². The van der Waals surface area contributed by atoms with Crippen LogP contribution < -0.4 is 0 Å². The maximum atomic E-state index is 10.6. The van der Waals surface area contributed by atoms with E-state index in [0.717, 1.165) is 0 Å². The molecule has 0 radical (unpaired) electrons. The van der Waals surface area contributed by atoms with Gasteiger partial charge in [-0.2, -0.15) is 0 Å². The lowest BCUT2D eigenvalue weighted by atomic mass is 10.4. The third-order valence-corrected chi connectivity index (χ3v) is 1.46. The van der Waals surface area contributed by atoms with E-state index in [2.05, 4.69) is 0 Å². The van der Waals surface area contributed by atoms with Crippen molar-refractivity contribution < 1.29 is 9.90 Å². The highest BCUT2D eigenvalue weighted by Gasteiger charge is 2.24. The second-order valence-corrected chi connectivity index (χ2v) is 2.02. The van der Waals surface area contributed by atoms with Crippen molar-refractivity contribution in [1.82, 2.24) is 4.90 Å². The number of aliphatic hydroxyl groups is 1. The molecule has 0 bridgehead atoms. The maximum absolute atomic E-state index is 10.6. The molecule has 0 saturated carbocycles. The molecule has 1 amide bonds. The van der Waals surface area contributed by atoms with Gasteiger partial charge >= 0.3 is 0 Å². The largest absolute Gasteiger partial charge is 0.374 e. The van der Waals surface area contributed by atoms with Gasteiger partial charge in [-0.05, 0) is 0 Å². The van der Waals surface area contributed by atoms with E-state index < -0.39 is 6.23 Å². The predicted molar refractivity (Wildman–Crippen MR) is 28.0 cm³/mol. The first-order valence-electron chi connectivity index (χ1n) is 2.65. The van der Waals surface area contributed by atoms with E-state index in [1.807, 2.05) is 0 Å². The highest BCUT2D eigenvalue weighted by Crippen LogP contribution is 2.12. The Morgan fingerprint density at radius 3 is 2.62 bits per heavy atom. The molecule has 46 valence electrons. The lowest BCUT2D eigenvalue weighted by molar-refractivity contribution is -0.131. The summed E-state index contributed by atoms with van der Waals surface area (Å²) < 4.78 is 0. The standard InChI is InChI=1S/C5H9NO2/c1-6-4(7)2-3-5(6)8/h4,7H,2-3H2,1H3/t4-/m0/s1. The maximum Gasteiger partial charge on any atom is 0.224 e. The number of carbonyl (C=O) groups is 1. The van der Waals surface area contributed by atoms with Gasteiger partial charge in [0.2, 0.25) is 5.91 Å². The third kappa shape index (κ3) is 0.690. The minimum Gasteiger partial charge on any atom is -0.374 e. The van der Waals surface area contributed by atoms with Crippen molar-refractivity contribution in [3.63, 3.8) is 0 Å². The number of nitrogens with zero attached hydrogens (tertiary/aromatic N) is 1. The Bertz CT molecular complexity index is 113. The first-order valence-corrected chi connectivity index (χ1v) is 2.65. The summed E-state index contributed by atoms with van der Waals surface area (Å²) in [5.74, 6) is 0.0394. The number of likely N-dealkylation sites (tertiary alicyclic amines) is 1. The molecule has 8 heavy (non-hydrogen) atoms. The van der Waals surface area contributed by atoms with Crippen LogP contribution in [0.25, 0.3) is 0 Å². The Hall–Kier alpha value is -0.570. The molecule has 1 atom stereocenters. The van der Waals surface area contributed by atoms with Gasteiger partial charge in [-0.3, -0.25) is 4.79 Å². The number of carbonyl (C=O) groups excluding carboxylic acids is 1. The molecule has 1 saturated heterocycles. The molecule has 0 aromatic carbocycles. The molecule has 3 nitrogen and oxygen atoms in total. The van der Waals surface area contributed by atoms with E-state index >= 15 is 0 Å². The number of hydrogen-bond acceptors (Lipinski definition) is 2. The van der Waals surface area contributed by atoms with E-state index in [9.17, 15) is 4.79 Å². The first-order chi connectivity index (χ1) is 3.72. The zero-order valence-electron chi connectivity index (χ0n) is 4.79. The Morgan fingerprint density at radius 1 is 1.88 bits per heavy atom. The van der Waals surface area contributed by atoms with Crippen LogP contribution in [0.3, 0.4) is 0 Å². The van der Waals surface area contributed by atoms with Crippen molar-refractivity contribution in [3.8, 4) is 0 Å². The van der Waals surface area contributed by atoms with Crippen LogP contribution in [0.5, 0.6) is 0 Å². The van der Waals surface area contributed by atoms with E-state index in [1.165, 1.54) is 4.90 Å². The third-order valence-electron chi connectivity index (χ3n) is 1.46.